The molecule has 1 amide bonds. The summed E-state index contributed by atoms with van der Waals surface area (Å²) in [6, 6.07) is 5.43. The number of hydrogen-bond donors (Lipinski definition) is 0. The minimum absolute atomic E-state index is 0.0838. The van der Waals surface area contributed by atoms with Gasteiger partial charge in [-0.05, 0) is 44.9 Å². The van der Waals surface area contributed by atoms with Gasteiger partial charge in [0.2, 0.25) is 0 Å². The predicted octanol–water partition coefficient (Wildman–Crippen LogP) is 3.83. The van der Waals surface area contributed by atoms with Gasteiger partial charge in [0.05, 0.1) is 28.9 Å². The molecule has 1 aliphatic rings. The molecule has 0 saturated heterocycles. The van der Waals surface area contributed by atoms with E-state index in [2.05, 4.69) is 10.1 Å². The lowest BCUT2D eigenvalue weighted by Crippen LogP contribution is -2.29. The van der Waals surface area contributed by atoms with E-state index in [0.717, 1.165) is 24.3 Å². The van der Waals surface area contributed by atoms with Crippen molar-refractivity contribution in [2.75, 3.05) is 7.05 Å². The summed E-state index contributed by atoms with van der Waals surface area (Å²) in [5.41, 5.74) is 2.64. The Balaban J connectivity index is 1.76. The Bertz CT molecular complexity index is 894. The van der Waals surface area contributed by atoms with Crippen LogP contribution in [0, 0.1) is 6.92 Å². The number of hydrogen-bond acceptors (Lipinski definition) is 5. The molecule has 124 valence electrons. The second kappa shape index (κ2) is 5.47. The maximum Gasteiger partial charge on any atom is 0.259 e. The average Bonchev–Trinajstić information content (AvgIpc) is 3.17. The summed E-state index contributed by atoms with van der Waals surface area (Å²) < 4.78 is 10.8. The molecule has 3 aromatic heterocycles. The molecule has 24 heavy (non-hydrogen) atoms. The molecule has 1 aliphatic carbocycles. The van der Waals surface area contributed by atoms with E-state index in [1.54, 1.807) is 18.2 Å². The summed E-state index contributed by atoms with van der Waals surface area (Å²) in [5, 5.41) is 4.68. The molecule has 0 spiro atoms. The van der Waals surface area contributed by atoms with Crippen molar-refractivity contribution in [1.82, 2.24) is 15.0 Å². The number of carbonyl (C=O) groups excluding carboxylic acids is 1. The van der Waals surface area contributed by atoms with E-state index in [-0.39, 0.29) is 11.9 Å². The molecule has 1 fully saturated rings. The maximum atomic E-state index is 13.1. The molecule has 0 N–H and O–H groups in total. The number of carbonyl (C=O) groups is 1. The lowest BCUT2D eigenvalue weighted by atomic mass is 10.1. The van der Waals surface area contributed by atoms with E-state index in [9.17, 15) is 4.79 Å². The van der Waals surface area contributed by atoms with Crippen LogP contribution in [0.2, 0.25) is 0 Å². The van der Waals surface area contributed by atoms with Gasteiger partial charge in [0, 0.05) is 18.7 Å². The second-order valence-corrected chi connectivity index (χ2v) is 6.42. The van der Waals surface area contributed by atoms with Gasteiger partial charge in [-0.2, -0.15) is 0 Å². The summed E-state index contributed by atoms with van der Waals surface area (Å²) >= 11 is 0. The summed E-state index contributed by atoms with van der Waals surface area (Å²) in [6.45, 7) is 3.77. The molecule has 0 aliphatic heterocycles. The first kappa shape index (κ1) is 14.9. The summed E-state index contributed by atoms with van der Waals surface area (Å²) in [6.07, 6.45) is 3.83. The minimum Gasteiger partial charge on any atom is -0.467 e. The van der Waals surface area contributed by atoms with Crippen LogP contribution in [0.4, 0.5) is 0 Å². The second-order valence-electron chi connectivity index (χ2n) is 6.42. The van der Waals surface area contributed by atoms with Gasteiger partial charge in [-0.25, -0.2) is 4.98 Å². The number of fused-ring (bicyclic) bond motifs is 1. The number of amides is 1. The van der Waals surface area contributed by atoms with Gasteiger partial charge in [0.15, 0.2) is 0 Å². The fourth-order valence-corrected chi connectivity index (χ4v) is 2.96. The fraction of sp³-hybridized carbons (Fsp3) is 0.389. The van der Waals surface area contributed by atoms with Crippen LogP contribution < -0.4 is 0 Å². The molecule has 0 bridgehead atoms. The van der Waals surface area contributed by atoms with E-state index in [1.165, 1.54) is 0 Å². The zero-order valence-corrected chi connectivity index (χ0v) is 13.9. The Morgan fingerprint density at radius 3 is 2.88 bits per heavy atom. The van der Waals surface area contributed by atoms with E-state index in [1.807, 2.05) is 32.0 Å². The van der Waals surface area contributed by atoms with Crippen molar-refractivity contribution in [2.24, 2.45) is 0 Å². The molecule has 3 aromatic rings. The Labute approximate surface area is 139 Å². The van der Waals surface area contributed by atoms with E-state index < -0.39 is 0 Å². The van der Waals surface area contributed by atoms with Crippen LogP contribution in [-0.4, -0.2) is 28.0 Å². The highest BCUT2D eigenvalue weighted by Crippen LogP contribution is 2.40. The third-order valence-electron chi connectivity index (χ3n) is 4.72. The zero-order chi connectivity index (χ0) is 16.8. The normalized spacial score (nSPS) is 15.6. The number of rotatable bonds is 4. The van der Waals surface area contributed by atoms with Crippen LogP contribution in [0.3, 0.4) is 0 Å². The van der Waals surface area contributed by atoms with Crippen LogP contribution in [0.1, 0.15) is 59.2 Å². The van der Waals surface area contributed by atoms with Crippen molar-refractivity contribution >= 4 is 17.0 Å². The zero-order valence-electron chi connectivity index (χ0n) is 13.9. The lowest BCUT2D eigenvalue weighted by molar-refractivity contribution is 0.0728. The van der Waals surface area contributed by atoms with E-state index in [4.69, 9.17) is 8.94 Å². The molecule has 0 aromatic carbocycles. The van der Waals surface area contributed by atoms with Crippen LogP contribution in [0.5, 0.6) is 0 Å². The van der Waals surface area contributed by atoms with Crippen LogP contribution in [0.15, 0.2) is 33.4 Å². The average molecular weight is 325 g/mol. The van der Waals surface area contributed by atoms with Crippen molar-refractivity contribution in [3.8, 4) is 0 Å². The number of furan rings is 1. The molecular weight excluding hydrogens is 306 g/mol. The highest BCUT2D eigenvalue weighted by Gasteiger charge is 2.30. The lowest BCUT2D eigenvalue weighted by Gasteiger charge is -2.23. The number of nitrogens with zero attached hydrogens (tertiary/aromatic N) is 3. The summed E-state index contributed by atoms with van der Waals surface area (Å²) in [5.74, 6) is 1.10. The van der Waals surface area contributed by atoms with Gasteiger partial charge < -0.3 is 13.8 Å². The molecule has 0 radical (unpaired) electrons. The quantitative estimate of drug-likeness (QED) is 0.729. The van der Waals surface area contributed by atoms with E-state index >= 15 is 0 Å². The van der Waals surface area contributed by atoms with Crippen molar-refractivity contribution in [1.29, 1.82) is 0 Å². The van der Waals surface area contributed by atoms with E-state index in [0.29, 0.717) is 28.3 Å². The van der Waals surface area contributed by atoms with Crippen LogP contribution in [-0.2, 0) is 0 Å². The number of pyridine rings is 1. The molecule has 3 heterocycles. The van der Waals surface area contributed by atoms with Gasteiger partial charge in [0.25, 0.3) is 11.6 Å². The van der Waals surface area contributed by atoms with Gasteiger partial charge in [0.1, 0.15) is 5.76 Å². The molecule has 4 rings (SSSR count). The Morgan fingerprint density at radius 2 is 2.21 bits per heavy atom. The third kappa shape index (κ3) is 2.38. The number of aromatic nitrogens is 2. The summed E-state index contributed by atoms with van der Waals surface area (Å²) in [7, 11) is 1.78. The predicted molar refractivity (Wildman–Crippen MR) is 87.7 cm³/mol. The molecular formula is C18H19N3O3. The Kier molecular flexibility index (Phi) is 3.40. The largest absolute Gasteiger partial charge is 0.467 e. The first-order valence-electron chi connectivity index (χ1n) is 8.13. The smallest absolute Gasteiger partial charge is 0.259 e. The Hall–Kier alpha value is -2.63. The first-order valence-corrected chi connectivity index (χ1v) is 8.13. The molecule has 1 unspecified atom stereocenters. The monoisotopic (exact) mass is 325 g/mol. The van der Waals surface area contributed by atoms with Crippen molar-refractivity contribution < 1.29 is 13.7 Å². The van der Waals surface area contributed by atoms with Crippen molar-refractivity contribution in [2.45, 2.75) is 38.6 Å². The van der Waals surface area contributed by atoms with Gasteiger partial charge >= 0.3 is 0 Å². The minimum atomic E-state index is -0.166. The molecule has 6 nitrogen and oxygen atoms in total. The van der Waals surface area contributed by atoms with Crippen molar-refractivity contribution in [3.05, 3.63) is 47.2 Å². The third-order valence-corrected chi connectivity index (χ3v) is 4.72. The molecule has 1 saturated carbocycles. The van der Waals surface area contributed by atoms with Crippen LogP contribution in [0.25, 0.3) is 11.1 Å². The maximum absolute atomic E-state index is 13.1. The summed E-state index contributed by atoms with van der Waals surface area (Å²) in [4.78, 5) is 19.3. The molecule has 1 atom stereocenters. The van der Waals surface area contributed by atoms with Crippen LogP contribution >= 0.6 is 0 Å². The topological polar surface area (TPSA) is 72.4 Å². The van der Waals surface area contributed by atoms with Gasteiger partial charge in [-0.15, -0.1) is 0 Å². The highest BCUT2D eigenvalue weighted by atomic mass is 16.5. The SMILES string of the molecule is Cc1noc2nc(C3CC3)cc(C(=O)N(C)C(C)c3ccco3)c12. The highest BCUT2D eigenvalue weighted by molar-refractivity contribution is 6.06. The van der Waals surface area contributed by atoms with Crippen molar-refractivity contribution in [3.63, 3.8) is 0 Å². The molecule has 6 heteroatoms. The first-order chi connectivity index (χ1) is 11.6. The standard InChI is InChI=1S/C18H19N3O3/c1-10-16-13(9-14(12-6-7-12)19-17(16)24-20-10)18(22)21(3)11(2)15-5-4-8-23-15/h4-5,8-9,11-12H,6-7H2,1-3H3. The number of aryl methyl sites for hydroxylation is 1. The fourth-order valence-electron chi connectivity index (χ4n) is 2.96. The van der Waals surface area contributed by atoms with Gasteiger partial charge in [-0.3, -0.25) is 4.79 Å². The van der Waals surface area contributed by atoms with Gasteiger partial charge in [-0.1, -0.05) is 5.16 Å². The Morgan fingerprint density at radius 1 is 1.42 bits per heavy atom.